The van der Waals surface area contributed by atoms with Crippen molar-refractivity contribution in [1.29, 1.82) is 0 Å². The molecule has 1 rings (SSSR count). The van der Waals surface area contributed by atoms with Gasteiger partial charge in [-0.05, 0) is 12.2 Å². The number of ether oxygens (including phenoxy) is 2. The van der Waals surface area contributed by atoms with Crippen molar-refractivity contribution in [2.75, 3.05) is 14.2 Å². The summed E-state index contributed by atoms with van der Waals surface area (Å²) in [6, 6.07) is 0. The van der Waals surface area contributed by atoms with E-state index in [1.165, 1.54) is 26.4 Å². The fourth-order valence-electron chi connectivity index (χ4n) is 0.826. The van der Waals surface area contributed by atoms with Crippen LogP contribution in [0.2, 0.25) is 0 Å². The van der Waals surface area contributed by atoms with Crippen molar-refractivity contribution < 1.29 is 50.1 Å². The van der Waals surface area contributed by atoms with Crippen molar-refractivity contribution >= 4 is 11.9 Å². The zero-order chi connectivity index (χ0) is 15.1. The van der Waals surface area contributed by atoms with E-state index in [2.05, 4.69) is 29.4 Å². The van der Waals surface area contributed by atoms with Crippen molar-refractivity contribution in [2.24, 2.45) is 0 Å². The predicted molar refractivity (Wildman–Crippen MR) is 52.0 cm³/mol. The molecule has 0 saturated heterocycles. The minimum Gasteiger partial charge on any atom is 0 e. The number of carbonyl (C=O) groups excluding carboxylic acids is 2. The summed E-state index contributed by atoms with van der Waals surface area (Å²) >= 11 is 0. The van der Waals surface area contributed by atoms with Crippen molar-refractivity contribution in [3.8, 4) is 0 Å². The first kappa shape index (κ1) is 25.9. The molecule has 0 fully saturated rings. The van der Waals surface area contributed by atoms with Gasteiger partial charge in [-0.25, -0.2) is 9.59 Å². The maximum Gasteiger partial charge on any atom is 0 e. The molecule has 1 aliphatic carbocycles. The molecule has 0 spiro atoms. The Balaban J connectivity index is -0.000000142. The van der Waals surface area contributed by atoms with Crippen LogP contribution in [0.4, 0.5) is 0 Å². The Hall–Kier alpha value is -1.84. The van der Waals surface area contributed by atoms with E-state index in [0.29, 0.717) is 0 Å². The number of esters is 2. The third kappa shape index (κ3) is 8.83. The number of rotatable bonds is 2. The van der Waals surface area contributed by atoms with Gasteiger partial charge in [0.15, 0.2) is 0 Å². The average Bonchev–Trinajstić information content (AvgIpc) is 2.43. The Kier molecular flexibility index (Phi) is 25.2. The number of methoxy groups -OCH3 is 2. The molecule has 0 unspecified atom stereocenters. The summed E-state index contributed by atoms with van der Waals surface area (Å²) in [5, 5.41) is 0. The molecule has 7 nitrogen and oxygen atoms in total. The molecule has 0 radical (unpaired) electrons. The third-order valence-corrected chi connectivity index (χ3v) is 1.52. The molecule has 0 heterocycles. The van der Waals surface area contributed by atoms with Crippen molar-refractivity contribution in [1.82, 2.24) is 0 Å². The molecule has 102 valence electrons. The van der Waals surface area contributed by atoms with Gasteiger partial charge in [-0.3, -0.25) is 0 Å². The minimum absolute atomic E-state index is 0. The summed E-state index contributed by atoms with van der Waals surface area (Å²) in [6.07, 6.45) is 3.02. The van der Waals surface area contributed by atoms with Crippen molar-refractivity contribution in [3.63, 3.8) is 0 Å². The summed E-state index contributed by atoms with van der Waals surface area (Å²) in [5.41, 5.74) is 0.536. The molecule has 0 N–H and O–H groups in total. The topological polar surface area (TPSA) is 112 Å². The van der Waals surface area contributed by atoms with Gasteiger partial charge in [0, 0.05) is 17.1 Å². The van der Waals surface area contributed by atoms with E-state index in [0.717, 1.165) is 0 Å². The maximum atomic E-state index is 10.9. The van der Waals surface area contributed by atoms with Crippen LogP contribution < -0.4 is 0 Å². The average molecular weight is 308 g/mol. The molecule has 0 amide bonds. The van der Waals surface area contributed by atoms with Gasteiger partial charge >= 0.3 is 45.8 Å². The molecular formula is C11H8FeO7. The van der Waals surface area contributed by atoms with Crippen LogP contribution in [0.25, 0.3) is 0 Å². The second-order valence-electron chi connectivity index (χ2n) is 2.14. The fourth-order valence-corrected chi connectivity index (χ4v) is 0.826. The van der Waals surface area contributed by atoms with Gasteiger partial charge in [-0.15, -0.1) is 0 Å². The van der Waals surface area contributed by atoms with Gasteiger partial charge in [0.2, 0.25) is 0 Å². The van der Waals surface area contributed by atoms with E-state index < -0.39 is 11.9 Å². The maximum absolute atomic E-state index is 10.9. The van der Waals surface area contributed by atoms with Gasteiger partial charge in [0.1, 0.15) is 0 Å². The zero-order valence-corrected chi connectivity index (χ0v) is 11.0. The standard InChI is InChI=1S/C8H8O4.3CO.Fe/c1-11-7(9)5-3-4-6(5)8(10)12-2;3*1-2;/h3-4H,1-2H3;;;;. The molecule has 0 aromatic carbocycles. The fraction of sp³-hybridized carbons (Fsp3) is 0.182. The van der Waals surface area contributed by atoms with Gasteiger partial charge in [0.05, 0.1) is 25.4 Å². The van der Waals surface area contributed by atoms with Crippen LogP contribution in [-0.4, -0.2) is 26.2 Å². The Morgan fingerprint density at radius 3 is 1.16 bits per heavy atom. The monoisotopic (exact) mass is 308 g/mol. The summed E-state index contributed by atoms with van der Waals surface area (Å²) in [7, 11) is 2.52. The molecule has 0 aromatic rings. The summed E-state index contributed by atoms with van der Waals surface area (Å²) < 4.78 is 31.3. The summed E-state index contributed by atoms with van der Waals surface area (Å²) in [4.78, 5) is 21.8. The number of carbonyl (C=O) groups is 2. The Labute approximate surface area is 120 Å². The van der Waals surface area contributed by atoms with Gasteiger partial charge in [-0.1, -0.05) is 0 Å². The Morgan fingerprint density at radius 1 is 0.842 bits per heavy atom. The van der Waals surface area contributed by atoms with E-state index >= 15 is 0 Å². The van der Waals surface area contributed by atoms with E-state index in [4.69, 9.17) is 14.0 Å². The van der Waals surface area contributed by atoms with Crippen molar-refractivity contribution in [2.45, 2.75) is 0 Å². The first-order chi connectivity index (χ1) is 8.70. The molecule has 8 heteroatoms. The van der Waals surface area contributed by atoms with Gasteiger partial charge in [0.25, 0.3) is 0 Å². The van der Waals surface area contributed by atoms with Crippen LogP contribution in [0.15, 0.2) is 23.3 Å². The molecule has 0 aromatic heterocycles. The first-order valence-electron chi connectivity index (χ1n) is 3.91. The molecule has 19 heavy (non-hydrogen) atoms. The molecule has 0 atom stereocenters. The second kappa shape index (κ2) is 18.5. The van der Waals surface area contributed by atoms with Crippen LogP contribution >= 0.6 is 0 Å². The molecule has 0 saturated carbocycles. The van der Waals surface area contributed by atoms with Crippen LogP contribution in [0.5, 0.6) is 0 Å². The van der Waals surface area contributed by atoms with Crippen LogP contribution in [-0.2, 0) is 50.1 Å². The van der Waals surface area contributed by atoms with Crippen molar-refractivity contribution in [3.05, 3.63) is 43.2 Å². The summed E-state index contributed by atoms with van der Waals surface area (Å²) in [5.74, 6) is -1.03. The molecular weight excluding hydrogens is 300 g/mol. The molecule has 1 aliphatic rings. The quantitative estimate of drug-likeness (QED) is 0.311. The summed E-state index contributed by atoms with van der Waals surface area (Å²) in [6.45, 7) is 13.5. The minimum atomic E-state index is -0.516. The molecule has 0 aliphatic heterocycles. The van der Waals surface area contributed by atoms with E-state index in [9.17, 15) is 9.59 Å². The normalized spacial score (nSPS) is 9.05. The van der Waals surface area contributed by atoms with E-state index in [1.54, 1.807) is 0 Å². The van der Waals surface area contributed by atoms with E-state index in [-0.39, 0.29) is 28.2 Å². The third-order valence-electron chi connectivity index (χ3n) is 1.52. The van der Waals surface area contributed by atoms with E-state index in [1.807, 2.05) is 0 Å². The predicted octanol–water partition coefficient (Wildman–Crippen LogP) is 0.0838. The largest absolute Gasteiger partial charge is 0 e. The smallest absolute Gasteiger partial charge is 0 e. The zero-order valence-electron chi connectivity index (χ0n) is 9.87. The molecule has 0 bridgehead atoms. The second-order valence-corrected chi connectivity index (χ2v) is 2.14. The van der Waals surface area contributed by atoms with Gasteiger partial charge in [-0.2, -0.15) is 0 Å². The first-order valence-corrected chi connectivity index (χ1v) is 3.91. The number of hydrogen-bond acceptors (Lipinski definition) is 4. The Morgan fingerprint density at radius 2 is 1.05 bits per heavy atom. The van der Waals surface area contributed by atoms with Crippen LogP contribution in [0, 0.1) is 20.0 Å². The number of hydrogen-bond donors (Lipinski definition) is 0. The van der Waals surface area contributed by atoms with Crippen LogP contribution in [0.3, 0.4) is 0 Å². The van der Waals surface area contributed by atoms with Crippen LogP contribution in [0.1, 0.15) is 0 Å². The SMILES string of the molecule is COC(=O)C1=C(C(=O)OC)C=C1.[C-]#[O+].[C-]#[O+].[C-]#[O+].[Fe]. The van der Waals surface area contributed by atoms with Gasteiger partial charge < -0.3 is 9.47 Å². The Bertz CT molecular complexity index is 359.